The SMILES string of the molecule is C=CCc1ccc(Cl)nc1C1=Cc2c(F)cccc2C1.C=C[CH2][Sn]([CH2]CCC)([CH2]CCC)[CH2]CCC.Cc1ccc(Cl)nc1C1=Cc2c(F)cccc2C1. The van der Waals surface area contributed by atoms with Gasteiger partial charge >= 0.3 is 108 Å². The number of hydrogen-bond donors (Lipinski definition) is 0. The van der Waals surface area contributed by atoms with E-state index in [1.807, 2.05) is 49.4 Å². The van der Waals surface area contributed by atoms with Crippen LogP contribution in [0.25, 0.3) is 23.3 Å². The van der Waals surface area contributed by atoms with E-state index in [4.69, 9.17) is 23.2 Å². The first-order valence-corrected chi connectivity index (χ1v) is 28.4. The zero-order chi connectivity index (χ0) is 39.1. The Morgan fingerprint density at radius 3 is 1.61 bits per heavy atom. The van der Waals surface area contributed by atoms with Gasteiger partial charge in [0.15, 0.2) is 0 Å². The molecule has 0 radical (unpaired) electrons. The van der Waals surface area contributed by atoms with E-state index in [0.717, 1.165) is 51.2 Å². The Hall–Kier alpha value is -3.06. The third kappa shape index (κ3) is 12.0. The van der Waals surface area contributed by atoms with Crippen LogP contribution in [0.5, 0.6) is 0 Å². The molecule has 6 rings (SSSR count). The summed E-state index contributed by atoms with van der Waals surface area (Å²) >= 11 is 10.1. The molecule has 2 aliphatic rings. The van der Waals surface area contributed by atoms with Crippen LogP contribution in [0.4, 0.5) is 8.78 Å². The van der Waals surface area contributed by atoms with Crippen molar-refractivity contribution in [2.24, 2.45) is 0 Å². The molecular weight excluding hydrogens is 820 g/mol. The molecule has 0 saturated heterocycles. The van der Waals surface area contributed by atoms with Crippen molar-refractivity contribution in [1.82, 2.24) is 9.97 Å². The third-order valence-corrected chi connectivity index (χ3v) is 26.3. The summed E-state index contributed by atoms with van der Waals surface area (Å²) in [4.78, 5) is 8.76. The minimum absolute atomic E-state index is 0.179. The predicted octanol–water partition coefficient (Wildman–Crippen LogP) is 15.0. The Bertz CT molecular complexity index is 1930. The molecule has 54 heavy (non-hydrogen) atoms. The molecule has 0 atom stereocenters. The van der Waals surface area contributed by atoms with Gasteiger partial charge in [-0.3, -0.25) is 0 Å². The molecule has 0 N–H and O–H groups in total. The second kappa shape index (κ2) is 21.9. The van der Waals surface area contributed by atoms with Crippen molar-refractivity contribution in [3.05, 3.63) is 153 Å². The first-order valence-electron chi connectivity index (χ1n) is 19.6. The molecule has 2 aromatic carbocycles. The number of unbranched alkanes of at least 4 members (excludes halogenated alkanes) is 3. The van der Waals surface area contributed by atoms with Crippen molar-refractivity contribution < 1.29 is 8.78 Å². The molecule has 2 nitrogen and oxygen atoms in total. The fraction of sp³-hybridized carbons (Fsp3) is 0.362. The van der Waals surface area contributed by atoms with Gasteiger partial charge in [-0.1, -0.05) is 65.7 Å². The Kier molecular flexibility index (Phi) is 17.7. The van der Waals surface area contributed by atoms with E-state index in [-0.39, 0.29) is 11.6 Å². The molecule has 2 aromatic heterocycles. The second-order valence-electron chi connectivity index (χ2n) is 14.6. The van der Waals surface area contributed by atoms with Crippen molar-refractivity contribution in [3.63, 3.8) is 0 Å². The Morgan fingerprint density at radius 1 is 0.667 bits per heavy atom. The molecule has 0 aliphatic heterocycles. The van der Waals surface area contributed by atoms with Crippen LogP contribution in [-0.4, -0.2) is 28.3 Å². The summed E-state index contributed by atoms with van der Waals surface area (Å²) < 4.78 is 33.8. The summed E-state index contributed by atoms with van der Waals surface area (Å²) in [6.07, 6.45) is 18.5. The van der Waals surface area contributed by atoms with Crippen LogP contribution in [-0.2, 0) is 19.3 Å². The van der Waals surface area contributed by atoms with Crippen LogP contribution in [0, 0.1) is 18.6 Å². The van der Waals surface area contributed by atoms with E-state index >= 15 is 0 Å². The number of aromatic nitrogens is 2. The van der Waals surface area contributed by atoms with Gasteiger partial charge in [0.25, 0.3) is 0 Å². The van der Waals surface area contributed by atoms with Crippen molar-refractivity contribution in [2.45, 2.75) is 103 Å². The maximum absolute atomic E-state index is 13.8. The summed E-state index contributed by atoms with van der Waals surface area (Å²) in [5.74, 6) is -0.369. The Morgan fingerprint density at radius 2 is 1.15 bits per heavy atom. The van der Waals surface area contributed by atoms with Crippen molar-refractivity contribution in [1.29, 1.82) is 0 Å². The molecule has 2 heterocycles. The first kappa shape index (κ1) is 43.7. The molecule has 286 valence electrons. The third-order valence-electron chi connectivity index (χ3n) is 10.4. The Labute approximate surface area is 337 Å². The van der Waals surface area contributed by atoms with Crippen LogP contribution < -0.4 is 0 Å². The van der Waals surface area contributed by atoms with Gasteiger partial charge in [-0.05, 0) is 83.2 Å². The zero-order valence-corrected chi connectivity index (χ0v) is 37.0. The maximum Gasteiger partial charge on any atom is 0.130 e. The molecule has 7 heteroatoms. The number of pyridine rings is 2. The van der Waals surface area contributed by atoms with Gasteiger partial charge in [0.1, 0.15) is 21.9 Å². The molecule has 4 aromatic rings. The van der Waals surface area contributed by atoms with Crippen molar-refractivity contribution in [2.75, 3.05) is 0 Å². The van der Waals surface area contributed by atoms with Gasteiger partial charge in [0.2, 0.25) is 0 Å². The predicted molar refractivity (Wildman–Crippen MR) is 233 cm³/mol. The first-order chi connectivity index (χ1) is 26.1. The van der Waals surface area contributed by atoms with E-state index < -0.39 is 18.4 Å². The van der Waals surface area contributed by atoms with E-state index in [0.29, 0.717) is 34.3 Å². The zero-order valence-electron chi connectivity index (χ0n) is 32.6. The van der Waals surface area contributed by atoms with E-state index in [1.165, 1.54) is 55.1 Å². The van der Waals surface area contributed by atoms with Gasteiger partial charge in [-0.15, -0.1) is 6.58 Å². The van der Waals surface area contributed by atoms with Gasteiger partial charge in [0, 0.05) is 24.0 Å². The fourth-order valence-corrected chi connectivity index (χ4v) is 22.9. The van der Waals surface area contributed by atoms with Crippen LogP contribution in [0.15, 0.2) is 86.0 Å². The minimum atomic E-state index is -1.78. The largest absolute Gasteiger partial charge is 0.236 e. The van der Waals surface area contributed by atoms with Gasteiger partial charge in [0.05, 0.1) is 11.4 Å². The van der Waals surface area contributed by atoms with Crippen molar-refractivity contribution in [3.8, 4) is 0 Å². The van der Waals surface area contributed by atoms with Crippen LogP contribution in [0.2, 0.25) is 28.1 Å². The molecular formula is C47H56Cl2F2N2Sn. The number of nitrogens with zero attached hydrogens (tertiary/aromatic N) is 2. The number of rotatable bonds is 15. The topological polar surface area (TPSA) is 25.8 Å². The number of benzene rings is 2. The Balaban J connectivity index is 0.000000182. The summed E-state index contributed by atoms with van der Waals surface area (Å²) in [7, 11) is 0. The summed E-state index contributed by atoms with van der Waals surface area (Å²) in [5.41, 5.74) is 9.17. The quantitative estimate of drug-likeness (QED) is 0.0675. The minimum Gasteiger partial charge on any atom is -0.236 e. The van der Waals surface area contributed by atoms with Gasteiger partial charge in [-0.2, -0.15) is 0 Å². The maximum atomic E-state index is 13.8. The summed E-state index contributed by atoms with van der Waals surface area (Å²) in [5, 5.41) is 0.915. The standard InChI is InChI=1S/C17H13ClFN.C15H11ClFN.3C4H9.C3H5.Sn/c1-2-4-11-7-8-16(18)20-17(11)13-9-12-5-3-6-15(19)14(12)10-13;1-9-5-6-14(16)18-15(9)11-7-10-3-2-4-13(17)12(10)8-11;3*1-3-4-2;1-3-2;/h2-3,5-8,10H,1,4,9H2;2-6,8H,7H2,1H3;3*1,3-4H2,2H3;3H,1-2H2;. The smallest absolute Gasteiger partial charge is 0.130 e. The van der Waals surface area contributed by atoms with E-state index in [9.17, 15) is 8.78 Å². The molecule has 0 amide bonds. The molecule has 2 aliphatic carbocycles. The van der Waals surface area contributed by atoms with Gasteiger partial charge < -0.3 is 0 Å². The number of hydrogen-bond acceptors (Lipinski definition) is 2. The van der Waals surface area contributed by atoms with Crippen LogP contribution >= 0.6 is 23.2 Å². The molecule has 0 spiro atoms. The number of halogens is 4. The molecule has 0 unspecified atom stereocenters. The number of aryl methyl sites for hydroxylation is 1. The molecule has 0 saturated carbocycles. The van der Waals surface area contributed by atoms with Crippen LogP contribution in [0.1, 0.15) is 104 Å². The number of fused-ring (bicyclic) bond motifs is 2. The average Bonchev–Trinajstić information content (AvgIpc) is 3.81. The molecule has 0 bridgehead atoms. The van der Waals surface area contributed by atoms with Crippen LogP contribution in [0.3, 0.4) is 0 Å². The van der Waals surface area contributed by atoms with Crippen molar-refractivity contribution >= 4 is 64.9 Å². The van der Waals surface area contributed by atoms with E-state index in [1.54, 1.807) is 37.6 Å². The summed E-state index contributed by atoms with van der Waals surface area (Å²) in [6, 6.07) is 17.8. The summed E-state index contributed by atoms with van der Waals surface area (Å²) in [6.45, 7) is 16.8. The molecule has 0 fully saturated rings. The van der Waals surface area contributed by atoms with Gasteiger partial charge in [-0.25, -0.2) is 18.7 Å². The second-order valence-corrected chi connectivity index (χ2v) is 29.3. The fourth-order valence-electron chi connectivity index (χ4n) is 7.50. The average molecular weight is 877 g/mol. The number of allylic oxidation sites excluding steroid dienone is 4. The monoisotopic (exact) mass is 876 g/mol. The normalized spacial score (nSPS) is 12.7. The van der Waals surface area contributed by atoms with E-state index in [2.05, 4.69) is 50.0 Å².